The molecule has 1 amide bonds. The molecule has 1 unspecified atom stereocenters. The number of carbonyl (C=O) groups excluding carboxylic acids is 1. The van der Waals surface area contributed by atoms with Crippen LogP contribution < -0.4 is 33.9 Å². The summed E-state index contributed by atoms with van der Waals surface area (Å²) in [7, 11) is 2.01. The van der Waals surface area contributed by atoms with Crippen molar-refractivity contribution in [3.05, 3.63) is 66.0 Å². The summed E-state index contributed by atoms with van der Waals surface area (Å²) < 4.78 is 2.06. The molecule has 0 aliphatic carbocycles. The zero-order valence-corrected chi connectivity index (χ0v) is 14.6. The van der Waals surface area contributed by atoms with E-state index in [4.69, 9.17) is 0 Å². The van der Waals surface area contributed by atoms with Crippen LogP contribution in [-0.2, 0) is 18.3 Å². The first kappa shape index (κ1) is 17.6. The van der Waals surface area contributed by atoms with E-state index in [1.165, 1.54) is 5.56 Å². The standard InChI is InChI=1S/C17H20N2O.HI/c1-3-17(20)18-15(13-14-9-5-4-6-10-14)16-11-7-8-12-19(16)2;/h4-12,15H,3,13H2,1-2H3;1H. The predicted octanol–water partition coefficient (Wildman–Crippen LogP) is -0.675. The smallest absolute Gasteiger partial charge is 0.220 e. The van der Waals surface area contributed by atoms with Gasteiger partial charge >= 0.3 is 0 Å². The number of benzene rings is 1. The van der Waals surface area contributed by atoms with Crippen molar-refractivity contribution in [3.63, 3.8) is 0 Å². The lowest BCUT2D eigenvalue weighted by atomic mass is 10.0. The molecule has 1 atom stereocenters. The topological polar surface area (TPSA) is 33.0 Å². The van der Waals surface area contributed by atoms with Gasteiger partial charge < -0.3 is 29.3 Å². The molecule has 1 aromatic carbocycles. The number of rotatable bonds is 5. The summed E-state index contributed by atoms with van der Waals surface area (Å²) in [5.74, 6) is 0.0785. The molecule has 0 aliphatic heterocycles. The molecule has 2 rings (SSSR count). The summed E-state index contributed by atoms with van der Waals surface area (Å²) in [5.41, 5.74) is 2.33. The zero-order chi connectivity index (χ0) is 14.4. The first-order valence-electron chi connectivity index (χ1n) is 6.98. The van der Waals surface area contributed by atoms with Gasteiger partial charge in [0, 0.05) is 25.0 Å². The first-order valence-corrected chi connectivity index (χ1v) is 6.98. The molecule has 3 nitrogen and oxygen atoms in total. The highest BCUT2D eigenvalue weighted by molar-refractivity contribution is 5.75. The Labute approximate surface area is 143 Å². The Bertz CT molecular complexity index is 572. The molecule has 0 spiro atoms. The second-order valence-electron chi connectivity index (χ2n) is 4.90. The lowest BCUT2D eigenvalue weighted by Gasteiger charge is -2.16. The van der Waals surface area contributed by atoms with Gasteiger partial charge in [-0.1, -0.05) is 43.3 Å². The fourth-order valence-electron chi connectivity index (χ4n) is 2.27. The molecule has 0 aliphatic rings. The molecule has 2 aromatic rings. The largest absolute Gasteiger partial charge is 1.00 e. The fourth-order valence-corrected chi connectivity index (χ4v) is 2.27. The molecule has 0 saturated heterocycles. The number of carbonyl (C=O) groups is 1. The van der Waals surface area contributed by atoms with Gasteiger partial charge in [0.05, 0.1) is 0 Å². The Morgan fingerprint density at radius 1 is 1.14 bits per heavy atom. The minimum Gasteiger partial charge on any atom is -1.00 e. The number of aromatic nitrogens is 1. The Kier molecular flexibility index (Phi) is 7.36. The summed E-state index contributed by atoms with van der Waals surface area (Å²) in [6, 6.07) is 16.3. The molecule has 1 N–H and O–H groups in total. The van der Waals surface area contributed by atoms with Crippen LogP contribution in [0.2, 0.25) is 0 Å². The number of hydrogen-bond acceptors (Lipinski definition) is 1. The van der Waals surface area contributed by atoms with Crippen LogP contribution in [0.4, 0.5) is 0 Å². The van der Waals surface area contributed by atoms with Crippen molar-refractivity contribution in [1.82, 2.24) is 5.32 Å². The van der Waals surface area contributed by atoms with E-state index < -0.39 is 0 Å². The molecule has 112 valence electrons. The lowest BCUT2D eigenvalue weighted by Crippen LogP contribution is -3.00. The fraction of sp³-hybridized carbons (Fsp3) is 0.294. The van der Waals surface area contributed by atoms with E-state index in [-0.39, 0.29) is 35.9 Å². The average molecular weight is 396 g/mol. The van der Waals surface area contributed by atoms with Crippen LogP contribution in [0.5, 0.6) is 0 Å². The van der Waals surface area contributed by atoms with Crippen molar-refractivity contribution in [2.45, 2.75) is 25.8 Å². The van der Waals surface area contributed by atoms with Gasteiger partial charge in [0.2, 0.25) is 11.6 Å². The maximum atomic E-state index is 11.8. The Hall–Kier alpha value is -1.43. The van der Waals surface area contributed by atoms with Gasteiger partial charge in [0.25, 0.3) is 0 Å². The SMILES string of the molecule is CCC(=O)NC(Cc1ccccc1)c1cccc[n+]1C.[I-]. The molecule has 0 bridgehead atoms. The van der Waals surface area contributed by atoms with Gasteiger partial charge in [0.15, 0.2) is 6.20 Å². The number of nitrogens with one attached hydrogen (secondary N) is 1. The summed E-state index contributed by atoms with van der Waals surface area (Å²) >= 11 is 0. The lowest BCUT2D eigenvalue weighted by molar-refractivity contribution is -0.680. The van der Waals surface area contributed by atoms with Crippen LogP contribution >= 0.6 is 0 Å². The third-order valence-corrected chi connectivity index (χ3v) is 3.39. The van der Waals surface area contributed by atoms with Crippen LogP contribution in [0.25, 0.3) is 0 Å². The number of hydrogen-bond donors (Lipinski definition) is 1. The van der Waals surface area contributed by atoms with Crippen molar-refractivity contribution in [2.75, 3.05) is 0 Å². The van der Waals surface area contributed by atoms with Gasteiger partial charge in [-0.2, -0.15) is 0 Å². The van der Waals surface area contributed by atoms with Gasteiger partial charge in [-0.15, -0.1) is 0 Å². The third-order valence-electron chi connectivity index (χ3n) is 3.39. The van der Waals surface area contributed by atoms with E-state index in [9.17, 15) is 4.79 Å². The second kappa shape index (κ2) is 8.77. The van der Waals surface area contributed by atoms with E-state index in [1.807, 2.05) is 50.5 Å². The quantitative estimate of drug-likeness (QED) is 0.528. The minimum atomic E-state index is -0.00366. The molecule has 1 aromatic heterocycles. The highest BCUT2D eigenvalue weighted by atomic mass is 127. The van der Waals surface area contributed by atoms with Gasteiger partial charge in [0.1, 0.15) is 13.1 Å². The minimum absolute atomic E-state index is 0. The van der Waals surface area contributed by atoms with Crippen LogP contribution in [-0.4, -0.2) is 5.91 Å². The molecule has 0 saturated carbocycles. The molecule has 21 heavy (non-hydrogen) atoms. The monoisotopic (exact) mass is 396 g/mol. The summed E-state index contributed by atoms with van der Waals surface area (Å²) in [5, 5.41) is 3.11. The van der Waals surface area contributed by atoms with Gasteiger partial charge in [-0.3, -0.25) is 4.79 Å². The first-order chi connectivity index (χ1) is 9.70. The number of pyridine rings is 1. The molecule has 4 heteroatoms. The Balaban J connectivity index is 0.00000220. The van der Waals surface area contributed by atoms with Crippen LogP contribution in [0.1, 0.15) is 30.6 Å². The van der Waals surface area contributed by atoms with Crippen LogP contribution in [0.15, 0.2) is 54.7 Å². The zero-order valence-electron chi connectivity index (χ0n) is 12.4. The van der Waals surface area contributed by atoms with Crippen LogP contribution in [0, 0.1) is 0 Å². The number of halogens is 1. The van der Waals surface area contributed by atoms with E-state index in [2.05, 4.69) is 28.1 Å². The van der Waals surface area contributed by atoms with Gasteiger partial charge in [-0.25, -0.2) is 4.57 Å². The highest BCUT2D eigenvalue weighted by Gasteiger charge is 2.21. The Morgan fingerprint density at radius 2 is 1.81 bits per heavy atom. The van der Waals surface area contributed by atoms with Crippen molar-refractivity contribution >= 4 is 5.91 Å². The van der Waals surface area contributed by atoms with Crippen molar-refractivity contribution in [3.8, 4) is 0 Å². The van der Waals surface area contributed by atoms with E-state index in [0.29, 0.717) is 6.42 Å². The Morgan fingerprint density at radius 3 is 2.43 bits per heavy atom. The summed E-state index contributed by atoms with van der Waals surface area (Å²) in [6.45, 7) is 1.87. The predicted molar refractivity (Wildman–Crippen MR) is 78.9 cm³/mol. The molecule has 1 heterocycles. The molecule has 0 fully saturated rings. The van der Waals surface area contributed by atoms with E-state index in [1.54, 1.807) is 0 Å². The number of aryl methyl sites for hydroxylation is 1. The summed E-state index contributed by atoms with van der Waals surface area (Å²) in [6.07, 6.45) is 3.30. The normalized spacial score (nSPS) is 11.3. The van der Waals surface area contributed by atoms with Gasteiger partial charge in [-0.05, 0) is 5.56 Å². The summed E-state index contributed by atoms with van der Waals surface area (Å²) in [4.78, 5) is 11.8. The van der Waals surface area contributed by atoms with Crippen molar-refractivity contribution < 1.29 is 33.3 Å². The van der Waals surface area contributed by atoms with E-state index >= 15 is 0 Å². The van der Waals surface area contributed by atoms with E-state index in [0.717, 1.165) is 12.1 Å². The number of nitrogens with zero attached hydrogens (tertiary/aromatic N) is 1. The molecular formula is C17H21IN2O. The maximum absolute atomic E-state index is 11.8. The van der Waals surface area contributed by atoms with Crippen molar-refractivity contribution in [2.24, 2.45) is 7.05 Å². The molecule has 0 radical (unpaired) electrons. The highest BCUT2D eigenvalue weighted by Crippen LogP contribution is 2.15. The molecular weight excluding hydrogens is 375 g/mol. The maximum Gasteiger partial charge on any atom is 0.220 e. The second-order valence-corrected chi connectivity index (χ2v) is 4.90. The average Bonchev–Trinajstić information content (AvgIpc) is 2.48. The number of amides is 1. The van der Waals surface area contributed by atoms with Crippen LogP contribution in [0.3, 0.4) is 0 Å². The third kappa shape index (κ3) is 5.12. The van der Waals surface area contributed by atoms with Crippen molar-refractivity contribution in [1.29, 1.82) is 0 Å².